The first-order valence-corrected chi connectivity index (χ1v) is 6.26. The number of alkyl halides is 1. The van der Waals surface area contributed by atoms with E-state index in [0.29, 0.717) is 13.2 Å². The van der Waals surface area contributed by atoms with Crippen LogP contribution in [0, 0.1) is 0 Å². The zero-order chi connectivity index (χ0) is 11.8. The van der Waals surface area contributed by atoms with E-state index in [9.17, 15) is 4.79 Å². The van der Waals surface area contributed by atoms with Crippen LogP contribution in [0.2, 0.25) is 0 Å². The number of hydrogen-bond acceptors (Lipinski definition) is 2. The Labute approximate surface area is 105 Å². The Hall–Kier alpha value is -0.870. The van der Waals surface area contributed by atoms with E-state index in [1.54, 1.807) is 12.0 Å². The van der Waals surface area contributed by atoms with Crippen LogP contribution in [-0.2, 0) is 9.53 Å². The quantitative estimate of drug-likeness (QED) is 0.568. The molecule has 1 rings (SSSR count). The van der Waals surface area contributed by atoms with Crippen LogP contribution in [0.4, 0.5) is 0 Å². The average molecular weight is 286 g/mol. The third-order valence-corrected chi connectivity index (χ3v) is 3.03. The molecule has 1 aromatic rings. The lowest BCUT2D eigenvalue weighted by Crippen LogP contribution is -2.31. The number of carbonyl (C=O) groups excluding carboxylic acids is 1. The zero-order valence-electron chi connectivity index (χ0n) is 9.30. The molecule has 0 spiro atoms. The molecule has 0 saturated heterocycles. The van der Waals surface area contributed by atoms with Gasteiger partial charge in [0.05, 0.1) is 12.6 Å². The highest BCUT2D eigenvalue weighted by molar-refractivity contribution is 9.09. The molecule has 0 saturated carbocycles. The lowest BCUT2D eigenvalue weighted by Gasteiger charge is -2.26. The van der Waals surface area contributed by atoms with Crippen LogP contribution in [0.5, 0.6) is 0 Å². The second-order valence-corrected chi connectivity index (χ2v) is 4.06. The third-order valence-electron chi connectivity index (χ3n) is 2.42. The van der Waals surface area contributed by atoms with Crippen molar-refractivity contribution in [3.05, 3.63) is 35.9 Å². The standard InChI is InChI=1S/C12H16BrNO2/c1-16-8-7-14(10-15)12(9-13)11-5-3-2-4-6-11/h2-6,10,12H,7-9H2,1H3. The second-order valence-electron chi connectivity index (χ2n) is 3.42. The van der Waals surface area contributed by atoms with Crippen LogP contribution in [0.3, 0.4) is 0 Å². The Morgan fingerprint density at radius 1 is 1.44 bits per heavy atom. The molecule has 1 amide bonds. The summed E-state index contributed by atoms with van der Waals surface area (Å²) >= 11 is 3.44. The smallest absolute Gasteiger partial charge is 0.210 e. The second kappa shape index (κ2) is 7.41. The number of ether oxygens (including phenoxy) is 1. The molecule has 1 atom stereocenters. The molecular formula is C12H16BrNO2. The van der Waals surface area contributed by atoms with Gasteiger partial charge in [0.25, 0.3) is 0 Å². The summed E-state index contributed by atoms with van der Waals surface area (Å²) in [4.78, 5) is 12.8. The van der Waals surface area contributed by atoms with Crippen molar-refractivity contribution in [2.24, 2.45) is 0 Å². The van der Waals surface area contributed by atoms with Crippen molar-refractivity contribution in [1.82, 2.24) is 4.90 Å². The largest absolute Gasteiger partial charge is 0.383 e. The number of hydrogen-bond donors (Lipinski definition) is 0. The molecule has 88 valence electrons. The first-order chi connectivity index (χ1) is 7.83. The van der Waals surface area contributed by atoms with E-state index < -0.39 is 0 Å². The van der Waals surface area contributed by atoms with Gasteiger partial charge in [0, 0.05) is 19.0 Å². The van der Waals surface area contributed by atoms with Crippen LogP contribution in [-0.4, -0.2) is 36.9 Å². The maximum Gasteiger partial charge on any atom is 0.210 e. The van der Waals surface area contributed by atoms with E-state index in [1.165, 1.54) is 0 Å². The van der Waals surface area contributed by atoms with Gasteiger partial charge in [-0.2, -0.15) is 0 Å². The molecule has 16 heavy (non-hydrogen) atoms. The van der Waals surface area contributed by atoms with Crippen molar-refractivity contribution in [2.45, 2.75) is 6.04 Å². The van der Waals surface area contributed by atoms with E-state index in [-0.39, 0.29) is 6.04 Å². The zero-order valence-corrected chi connectivity index (χ0v) is 10.9. The molecule has 1 unspecified atom stereocenters. The van der Waals surface area contributed by atoms with Crippen molar-refractivity contribution >= 4 is 22.3 Å². The molecule has 0 aliphatic carbocycles. The van der Waals surface area contributed by atoms with Crippen LogP contribution in [0.15, 0.2) is 30.3 Å². The van der Waals surface area contributed by atoms with Gasteiger partial charge in [-0.3, -0.25) is 4.79 Å². The van der Waals surface area contributed by atoms with Gasteiger partial charge in [-0.1, -0.05) is 46.3 Å². The van der Waals surface area contributed by atoms with Gasteiger partial charge in [-0.05, 0) is 5.56 Å². The molecule has 0 aliphatic rings. The molecule has 1 aromatic carbocycles. The van der Waals surface area contributed by atoms with Crippen LogP contribution in [0.25, 0.3) is 0 Å². The SMILES string of the molecule is COCCN(C=O)C(CBr)c1ccccc1. The van der Waals surface area contributed by atoms with Gasteiger partial charge in [0.2, 0.25) is 6.41 Å². The normalized spacial score (nSPS) is 12.1. The van der Waals surface area contributed by atoms with E-state index in [1.807, 2.05) is 30.3 Å². The minimum absolute atomic E-state index is 0.0637. The molecule has 0 heterocycles. The van der Waals surface area contributed by atoms with Crippen molar-refractivity contribution < 1.29 is 9.53 Å². The summed E-state index contributed by atoms with van der Waals surface area (Å²) in [6, 6.07) is 10.0. The number of halogens is 1. The van der Waals surface area contributed by atoms with E-state index in [2.05, 4.69) is 15.9 Å². The first kappa shape index (κ1) is 13.2. The number of benzene rings is 1. The molecule has 4 heteroatoms. The summed E-state index contributed by atoms with van der Waals surface area (Å²) in [6.45, 7) is 1.15. The molecule has 0 aromatic heterocycles. The summed E-state index contributed by atoms with van der Waals surface area (Å²) in [5, 5.41) is 0.722. The monoisotopic (exact) mass is 285 g/mol. The summed E-state index contributed by atoms with van der Waals surface area (Å²) in [6.07, 6.45) is 0.873. The van der Waals surface area contributed by atoms with Crippen LogP contribution >= 0.6 is 15.9 Å². The Morgan fingerprint density at radius 3 is 2.62 bits per heavy atom. The number of rotatable bonds is 7. The van der Waals surface area contributed by atoms with Gasteiger partial charge in [0.15, 0.2) is 0 Å². The molecular weight excluding hydrogens is 270 g/mol. The first-order valence-electron chi connectivity index (χ1n) is 5.14. The molecule has 0 aliphatic heterocycles. The fraction of sp³-hybridized carbons (Fsp3) is 0.417. The van der Waals surface area contributed by atoms with E-state index in [0.717, 1.165) is 17.3 Å². The van der Waals surface area contributed by atoms with E-state index in [4.69, 9.17) is 4.74 Å². The summed E-state index contributed by atoms with van der Waals surface area (Å²) in [7, 11) is 1.63. The minimum atomic E-state index is 0.0637. The third kappa shape index (κ3) is 3.61. The van der Waals surface area contributed by atoms with Crippen molar-refractivity contribution in [3.63, 3.8) is 0 Å². The summed E-state index contributed by atoms with van der Waals surface area (Å²) in [5.74, 6) is 0. The summed E-state index contributed by atoms with van der Waals surface area (Å²) < 4.78 is 4.99. The molecule has 0 radical (unpaired) electrons. The highest BCUT2D eigenvalue weighted by Crippen LogP contribution is 2.21. The van der Waals surface area contributed by atoms with Gasteiger partial charge in [0.1, 0.15) is 0 Å². The molecule has 0 bridgehead atoms. The minimum Gasteiger partial charge on any atom is -0.383 e. The fourth-order valence-electron chi connectivity index (χ4n) is 1.52. The van der Waals surface area contributed by atoms with Crippen molar-refractivity contribution in [3.8, 4) is 0 Å². The maximum atomic E-state index is 11.0. The molecule has 0 fully saturated rings. The predicted octanol–water partition coefficient (Wildman–Crippen LogP) is 2.23. The average Bonchev–Trinajstić information content (AvgIpc) is 2.35. The summed E-state index contributed by atoms with van der Waals surface area (Å²) in [5.41, 5.74) is 1.13. The van der Waals surface area contributed by atoms with Gasteiger partial charge in [-0.15, -0.1) is 0 Å². The Kier molecular flexibility index (Phi) is 6.11. The topological polar surface area (TPSA) is 29.5 Å². The maximum absolute atomic E-state index is 11.0. The molecule has 0 N–H and O–H groups in total. The number of nitrogens with zero attached hydrogens (tertiary/aromatic N) is 1. The number of amides is 1. The van der Waals surface area contributed by atoms with Gasteiger partial charge < -0.3 is 9.64 Å². The Morgan fingerprint density at radius 2 is 2.12 bits per heavy atom. The molecule has 3 nitrogen and oxygen atoms in total. The number of methoxy groups -OCH3 is 1. The van der Waals surface area contributed by atoms with Crippen molar-refractivity contribution in [2.75, 3.05) is 25.6 Å². The lowest BCUT2D eigenvalue weighted by atomic mass is 10.1. The van der Waals surface area contributed by atoms with Crippen LogP contribution in [0.1, 0.15) is 11.6 Å². The van der Waals surface area contributed by atoms with Crippen molar-refractivity contribution in [1.29, 1.82) is 0 Å². The Bertz CT molecular complexity index is 305. The predicted molar refractivity (Wildman–Crippen MR) is 67.6 cm³/mol. The van der Waals surface area contributed by atoms with Gasteiger partial charge >= 0.3 is 0 Å². The highest BCUT2D eigenvalue weighted by atomic mass is 79.9. The van der Waals surface area contributed by atoms with Gasteiger partial charge in [-0.25, -0.2) is 0 Å². The highest BCUT2D eigenvalue weighted by Gasteiger charge is 2.16. The number of carbonyl (C=O) groups is 1. The lowest BCUT2D eigenvalue weighted by molar-refractivity contribution is -0.120. The van der Waals surface area contributed by atoms with E-state index >= 15 is 0 Å². The fourth-order valence-corrected chi connectivity index (χ4v) is 2.27. The Balaban J connectivity index is 2.75. The van der Waals surface area contributed by atoms with Crippen LogP contribution < -0.4 is 0 Å².